The molecule has 0 aliphatic rings. The van der Waals surface area contributed by atoms with Gasteiger partial charge in [0.1, 0.15) is 11.0 Å². The van der Waals surface area contributed by atoms with Gasteiger partial charge >= 0.3 is 0 Å². The van der Waals surface area contributed by atoms with Crippen molar-refractivity contribution < 1.29 is 0 Å². The van der Waals surface area contributed by atoms with E-state index in [1.807, 2.05) is 12.4 Å². The Hall–Kier alpha value is -6.56. The Labute approximate surface area is 297 Å². The van der Waals surface area contributed by atoms with Gasteiger partial charge < -0.3 is 9.13 Å². The molecule has 0 spiro atoms. The zero-order valence-electron chi connectivity index (χ0n) is 27.4. The van der Waals surface area contributed by atoms with Crippen molar-refractivity contribution in [1.82, 2.24) is 19.1 Å². The SMILES string of the molecule is c1ccc(-n2c3ccccc3c3cc(-c4cnc5c(c4)sc4cc(-c6ccc7c(c6)c6ccccc6n7-c6ccccc6)cnc45)ccc32)cc1. The summed E-state index contributed by atoms with van der Waals surface area (Å²) in [5.74, 6) is 0. The van der Waals surface area contributed by atoms with Crippen molar-refractivity contribution in [2.24, 2.45) is 0 Å². The van der Waals surface area contributed by atoms with Gasteiger partial charge in [-0.15, -0.1) is 11.3 Å². The Morgan fingerprint density at radius 2 is 0.765 bits per heavy atom. The van der Waals surface area contributed by atoms with Crippen LogP contribution in [0.2, 0.25) is 0 Å². The molecule has 11 rings (SSSR count). The van der Waals surface area contributed by atoms with Gasteiger partial charge in [-0.05, 0) is 83.9 Å². The number of rotatable bonds is 4. The lowest BCUT2D eigenvalue weighted by atomic mass is 10.0. The van der Waals surface area contributed by atoms with Gasteiger partial charge in [-0.3, -0.25) is 9.97 Å². The summed E-state index contributed by atoms with van der Waals surface area (Å²) in [5, 5.41) is 4.96. The van der Waals surface area contributed by atoms with Crippen LogP contribution in [0.25, 0.3) is 97.7 Å². The second kappa shape index (κ2) is 11.0. The first-order valence-electron chi connectivity index (χ1n) is 17.1. The Morgan fingerprint density at radius 3 is 1.24 bits per heavy atom. The molecule has 11 aromatic rings. The Morgan fingerprint density at radius 1 is 0.353 bits per heavy atom. The van der Waals surface area contributed by atoms with E-state index in [2.05, 4.69) is 167 Å². The molecule has 0 aliphatic heterocycles. The fraction of sp³-hybridized carbons (Fsp3) is 0. The van der Waals surface area contributed by atoms with Crippen LogP contribution in [0.4, 0.5) is 0 Å². The standard InChI is InChI=1S/C46H28N4S/c1-3-11-33(12-4-1)49-39-17-9-7-15-35(39)37-23-29(19-21-41(37)49)31-25-43-45(47-27-31)46-44(51-43)26-32(28-48-46)30-20-22-42-38(24-30)36-16-8-10-18-40(36)50(42)34-13-5-2-6-14-34/h1-28H. The molecule has 0 saturated carbocycles. The first-order chi connectivity index (χ1) is 25.3. The van der Waals surface area contributed by atoms with Gasteiger partial charge in [-0.25, -0.2) is 0 Å². The van der Waals surface area contributed by atoms with Crippen LogP contribution in [0.5, 0.6) is 0 Å². The molecule has 0 bridgehead atoms. The summed E-state index contributed by atoms with van der Waals surface area (Å²) < 4.78 is 6.98. The molecule has 0 atom stereocenters. The van der Waals surface area contributed by atoms with Crippen LogP contribution < -0.4 is 0 Å². The average molecular weight is 669 g/mol. The molecule has 4 nitrogen and oxygen atoms in total. The molecule has 0 unspecified atom stereocenters. The molecule has 0 fully saturated rings. The zero-order chi connectivity index (χ0) is 33.5. The highest BCUT2D eigenvalue weighted by Crippen LogP contribution is 2.40. The molecule has 238 valence electrons. The van der Waals surface area contributed by atoms with Gasteiger partial charge in [0.2, 0.25) is 0 Å². The van der Waals surface area contributed by atoms with Gasteiger partial charge in [0, 0.05) is 56.4 Å². The van der Waals surface area contributed by atoms with Gasteiger partial charge in [-0.2, -0.15) is 0 Å². The molecule has 5 heteroatoms. The lowest BCUT2D eigenvalue weighted by molar-refractivity contribution is 1.18. The van der Waals surface area contributed by atoms with Crippen LogP contribution in [-0.4, -0.2) is 19.1 Å². The summed E-state index contributed by atoms with van der Waals surface area (Å²) in [6.07, 6.45) is 4.00. The number of hydrogen-bond acceptors (Lipinski definition) is 3. The largest absolute Gasteiger partial charge is 0.309 e. The third-order valence-corrected chi connectivity index (χ3v) is 11.3. The van der Waals surface area contributed by atoms with Crippen LogP contribution in [0.3, 0.4) is 0 Å². The highest BCUT2D eigenvalue weighted by molar-refractivity contribution is 7.25. The van der Waals surface area contributed by atoms with Crippen LogP contribution in [0, 0.1) is 0 Å². The van der Waals surface area contributed by atoms with E-state index in [-0.39, 0.29) is 0 Å². The number of para-hydroxylation sites is 4. The second-order valence-corrected chi connectivity index (χ2v) is 14.2. The summed E-state index contributed by atoms with van der Waals surface area (Å²) in [6.45, 7) is 0. The fourth-order valence-electron chi connectivity index (χ4n) is 7.85. The maximum absolute atomic E-state index is 4.99. The molecule has 0 radical (unpaired) electrons. The molecule has 0 saturated heterocycles. The first-order valence-corrected chi connectivity index (χ1v) is 18.0. The average Bonchev–Trinajstić information content (AvgIpc) is 3.85. The third-order valence-electron chi connectivity index (χ3n) is 10.2. The quantitative estimate of drug-likeness (QED) is 0.187. The Balaban J connectivity index is 1.01. The lowest BCUT2D eigenvalue weighted by Crippen LogP contribution is -1.92. The predicted molar refractivity (Wildman–Crippen MR) is 214 cm³/mol. The first kappa shape index (κ1) is 28.3. The molecule has 5 aromatic heterocycles. The van der Waals surface area contributed by atoms with Gasteiger partial charge in [0.25, 0.3) is 0 Å². The van der Waals surface area contributed by atoms with Crippen LogP contribution in [0.15, 0.2) is 170 Å². The maximum Gasteiger partial charge on any atom is 0.107 e. The number of thiophene rings is 1. The minimum Gasteiger partial charge on any atom is -0.309 e. The summed E-state index contributed by atoms with van der Waals surface area (Å²) in [7, 11) is 0. The summed E-state index contributed by atoms with van der Waals surface area (Å²) >= 11 is 1.76. The van der Waals surface area contributed by atoms with Gasteiger partial charge in [0.05, 0.1) is 31.5 Å². The minimum atomic E-state index is 0.952. The van der Waals surface area contributed by atoms with Crippen molar-refractivity contribution in [2.75, 3.05) is 0 Å². The Bertz CT molecular complexity index is 2920. The minimum absolute atomic E-state index is 0.952. The second-order valence-electron chi connectivity index (χ2n) is 13.1. The molecule has 0 amide bonds. The fourth-order valence-corrected chi connectivity index (χ4v) is 8.95. The van der Waals surface area contributed by atoms with Crippen LogP contribution >= 0.6 is 11.3 Å². The lowest BCUT2D eigenvalue weighted by Gasteiger charge is -2.08. The topological polar surface area (TPSA) is 35.6 Å². The number of benzene rings is 6. The highest BCUT2D eigenvalue weighted by atomic mass is 32.1. The van der Waals surface area contributed by atoms with E-state index in [1.165, 1.54) is 43.6 Å². The number of pyridine rings is 2. The van der Waals surface area contributed by atoms with E-state index in [0.29, 0.717) is 0 Å². The van der Waals surface area contributed by atoms with E-state index >= 15 is 0 Å². The van der Waals surface area contributed by atoms with E-state index < -0.39 is 0 Å². The molecular formula is C46H28N4S. The van der Waals surface area contributed by atoms with Crippen molar-refractivity contribution in [3.05, 3.63) is 170 Å². The number of fused-ring (bicyclic) bond motifs is 9. The van der Waals surface area contributed by atoms with Crippen molar-refractivity contribution >= 4 is 75.4 Å². The normalized spacial score (nSPS) is 11.9. The van der Waals surface area contributed by atoms with Crippen LogP contribution in [-0.2, 0) is 0 Å². The van der Waals surface area contributed by atoms with E-state index in [4.69, 9.17) is 9.97 Å². The predicted octanol–water partition coefficient (Wildman–Crippen LogP) is 12.4. The molecule has 0 aliphatic carbocycles. The van der Waals surface area contributed by atoms with Crippen molar-refractivity contribution in [3.63, 3.8) is 0 Å². The van der Waals surface area contributed by atoms with Crippen molar-refractivity contribution in [3.8, 4) is 33.6 Å². The van der Waals surface area contributed by atoms with Gasteiger partial charge in [-0.1, -0.05) is 84.9 Å². The monoisotopic (exact) mass is 668 g/mol. The van der Waals surface area contributed by atoms with Crippen molar-refractivity contribution in [2.45, 2.75) is 0 Å². The smallest absolute Gasteiger partial charge is 0.107 e. The van der Waals surface area contributed by atoms with Crippen molar-refractivity contribution in [1.29, 1.82) is 0 Å². The molecular weight excluding hydrogens is 641 g/mol. The maximum atomic E-state index is 4.99. The Kier molecular flexibility index (Phi) is 6.09. The van der Waals surface area contributed by atoms with Gasteiger partial charge in [0.15, 0.2) is 0 Å². The molecule has 5 heterocycles. The van der Waals surface area contributed by atoms with E-state index in [0.717, 1.165) is 54.1 Å². The summed E-state index contributed by atoms with van der Waals surface area (Å²) in [5.41, 5.74) is 13.6. The number of aromatic nitrogens is 4. The summed E-state index contributed by atoms with van der Waals surface area (Å²) in [4.78, 5) is 9.98. The number of nitrogens with zero attached hydrogens (tertiary/aromatic N) is 4. The van der Waals surface area contributed by atoms with Crippen LogP contribution in [0.1, 0.15) is 0 Å². The highest BCUT2D eigenvalue weighted by Gasteiger charge is 2.17. The molecule has 51 heavy (non-hydrogen) atoms. The van der Waals surface area contributed by atoms with E-state index in [1.54, 1.807) is 11.3 Å². The number of hydrogen-bond donors (Lipinski definition) is 0. The molecule has 0 N–H and O–H groups in total. The van der Waals surface area contributed by atoms with E-state index in [9.17, 15) is 0 Å². The summed E-state index contributed by atoms with van der Waals surface area (Å²) in [6, 6.07) is 56.6. The molecule has 6 aromatic carbocycles. The zero-order valence-corrected chi connectivity index (χ0v) is 28.2. The third kappa shape index (κ3) is 4.32.